The van der Waals surface area contributed by atoms with Gasteiger partial charge in [0.25, 0.3) is 5.95 Å². The Balaban J connectivity index is 1.64. The topological polar surface area (TPSA) is 62.9 Å². The molecule has 0 spiro atoms. The Morgan fingerprint density at radius 1 is 1.29 bits per heavy atom. The fourth-order valence-corrected chi connectivity index (χ4v) is 2.60. The summed E-state index contributed by atoms with van der Waals surface area (Å²) in [4.78, 5) is 13.1. The van der Waals surface area contributed by atoms with Crippen molar-refractivity contribution in [2.24, 2.45) is 0 Å². The molecule has 1 fully saturated rings. The minimum Gasteiger partial charge on any atom is -0.480 e. The third kappa shape index (κ3) is 3.25. The molecule has 1 aliphatic rings. The third-order valence-electron chi connectivity index (χ3n) is 3.61. The molecule has 3 rings (SSSR count). The van der Waals surface area contributed by atoms with Crippen LogP contribution in [0.5, 0.6) is 11.7 Å². The van der Waals surface area contributed by atoms with E-state index in [0.29, 0.717) is 30.4 Å². The molecule has 0 aliphatic carbocycles. The first-order chi connectivity index (χ1) is 10.2. The van der Waals surface area contributed by atoms with Crippen LogP contribution >= 0.6 is 0 Å². The molecule has 0 radical (unpaired) electrons. The molecule has 1 aromatic carbocycles. The minimum atomic E-state index is -0.764. The predicted octanol–water partition coefficient (Wildman–Crippen LogP) is 3.12. The number of rotatable bonds is 5. The first kappa shape index (κ1) is 13.7. The van der Waals surface area contributed by atoms with E-state index < -0.39 is 12.0 Å². The maximum absolute atomic E-state index is 11.2. The Kier molecular flexibility index (Phi) is 3.92. The van der Waals surface area contributed by atoms with Crippen molar-refractivity contribution in [1.82, 2.24) is 4.90 Å². The standard InChI is InChI=1S/C16H17NO4/c18-16(19)14-7-4-10-17(14)11-13-8-9-15(21-13)20-12-5-2-1-3-6-12/h1-3,5-6,8-9,14H,4,7,10-11H2,(H,18,19)/t14-/m0/s1. The quantitative estimate of drug-likeness (QED) is 0.915. The number of hydrogen-bond acceptors (Lipinski definition) is 4. The molecule has 1 atom stereocenters. The second kappa shape index (κ2) is 6.01. The van der Waals surface area contributed by atoms with Crippen LogP contribution in [0.25, 0.3) is 0 Å². The lowest BCUT2D eigenvalue weighted by atomic mass is 10.2. The summed E-state index contributed by atoms with van der Waals surface area (Å²) in [6.07, 6.45) is 1.61. The number of ether oxygens (including phenoxy) is 1. The summed E-state index contributed by atoms with van der Waals surface area (Å²) in [6, 6.07) is 12.6. The second-order valence-corrected chi connectivity index (χ2v) is 5.10. The van der Waals surface area contributed by atoms with Crippen LogP contribution in [0.15, 0.2) is 46.9 Å². The van der Waals surface area contributed by atoms with Gasteiger partial charge in [-0.3, -0.25) is 9.69 Å². The average Bonchev–Trinajstić information content (AvgIpc) is 3.10. The number of para-hydroxylation sites is 1. The van der Waals surface area contributed by atoms with Gasteiger partial charge in [0.2, 0.25) is 0 Å². The van der Waals surface area contributed by atoms with Gasteiger partial charge < -0.3 is 14.3 Å². The predicted molar refractivity (Wildman–Crippen MR) is 76.3 cm³/mol. The number of aliphatic carboxylic acids is 1. The smallest absolute Gasteiger partial charge is 0.320 e. The van der Waals surface area contributed by atoms with E-state index in [1.807, 2.05) is 41.3 Å². The normalized spacial score (nSPS) is 18.8. The number of furan rings is 1. The Labute approximate surface area is 122 Å². The highest BCUT2D eigenvalue weighted by Gasteiger charge is 2.30. The Hall–Kier alpha value is -2.27. The van der Waals surface area contributed by atoms with E-state index in [0.717, 1.165) is 13.0 Å². The van der Waals surface area contributed by atoms with Gasteiger partial charge >= 0.3 is 5.97 Å². The number of carbonyl (C=O) groups is 1. The first-order valence-corrected chi connectivity index (χ1v) is 7.01. The molecule has 0 amide bonds. The van der Waals surface area contributed by atoms with Gasteiger partial charge in [-0.05, 0) is 37.6 Å². The molecule has 0 saturated carbocycles. The zero-order valence-electron chi connectivity index (χ0n) is 11.6. The van der Waals surface area contributed by atoms with Gasteiger partial charge in [0.15, 0.2) is 0 Å². The van der Waals surface area contributed by atoms with E-state index >= 15 is 0 Å². The van der Waals surface area contributed by atoms with Gasteiger partial charge in [-0.1, -0.05) is 18.2 Å². The van der Waals surface area contributed by atoms with Gasteiger partial charge in [0.1, 0.15) is 17.6 Å². The summed E-state index contributed by atoms with van der Waals surface area (Å²) < 4.78 is 11.2. The summed E-state index contributed by atoms with van der Waals surface area (Å²) >= 11 is 0. The Bertz CT molecular complexity index is 608. The SMILES string of the molecule is O=C(O)[C@@H]1CCCN1Cc1ccc(Oc2ccccc2)o1. The highest BCUT2D eigenvalue weighted by Crippen LogP contribution is 2.26. The Morgan fingerprint density at radius 3 is 2.86 bits per heavy atom. The zero-order chi connectivity index (χ0) is 14.7. The van der Waals surface area contributed by atoms with Crippen LogP contribution in [0, 0.1) is 0 Å². The lowest BCUT2D eigenvalue weighted by Gasteiger charge is -2.19. The molecule has 110 valence electrons. The summed E-state index contributed by atoms with van der Waals surface area (Å²) in [5.74, 6) is 1.08. The molecule has 5 nitrogen and oxygen atoms in total. The highest BCUT2D eigenvalue weighted by atomic mass is 16.6. The molecular weight excluding hydrogens is 270 g/mol. The van der Waals surface area contributed by atoms with Crippen LogP contribution in [-0.2, 0) is 11.3 Å². The van der Waals surface area contributed by atoms with Gasteiger partial charge in [-0.15, -0.1) is 0 Å². The monoisotopic (exact) mass is 287 g/mol. The number of carboxylic acids is 1. The maximum Gasteiger partial charge on any atom is 0.320 e. The minimum absolute atomic E-state index is 0.409. The summed E-state index contributed by atoms with van der Waals surface area (Å²) in [5, 5.41) is 9.16. The number of nitrogens with zero attached hydrogens (tertiary/aromatic N) is 1. The molecule has 1 aliphatic heterocycles. The fourth-order valence-electron chi connectivity index (χ4n) is 2.60. The summed E-state index contributed by atoms with van der Waals surface area (Å²) in [6.45, 7) is 1.28. The van der Waals surface area contributed by atoms with Gasteiger partial charge in [-0.25, -0.2) is 0 Å². The Morgan fingerprint density at radius 2 is 2.10 bits per heavy atom. The van der Waals surface area contributed by atoms with E-state index in [-0.39, 0.29) is 0 Å². The summed E-state index contributed by atoms with van der Waals surface area (Å²) in [5.41, 5.74) is 0. The summed E-state index contributed by atoms with van der Waals surface area (Å²) in [7, 11) is 0. The number of likely N-dealkylation sites (tertiary alicyclic amines) is 1. The average molecular weight is 287 g/mol. The molecule has 2 aromatic rings. The van der Waals surface area contributed by atoms with Gasteiger partial charge in [0.05, 0.1) is 6.54 Å². The van der Waals surface area contributed by atoms with Crippen LogP contribution in [0.4, 0.5) is 0 Å². The lowest BCUT2D eigenvalue weighted by molar-refractivity contribution is -0.142. The molecule has 21 heavy (non-hydrogen) atoms. The van der Waals surface area contributed by atoms with Crippen LogP contribution < -0.4 is 4.74 Å². The molecule has 1 N–H and O–H groups in total. The van der Waals surface area contributed by atoms with Crippen LogP contribution in [-0.4, -0.2) is 28.6 Å². The van der Waals surface area contributed by atoms with Crippen molar-refractivity contribution >= 4 is 5.97 Å². The number of benzene rings is 1. The maximum atomic E-state index is 11.2. The van der Waals surface area contributed by atoms with Crippen molar-refractivity contribution in [3.63, 3.8) is 0 Å². The van der Waals surface area contributed by atoms with Crippen molar-refractivity contribution < 1.29 is 19.1 Å². The molecule has 5 heteroatoms. The second-order valence-electron chi connectivity index (χ2n) is 5.10. The van der Waals surface area contributed by atoms with Gasteiger partial charge in [0, 0.05) is 6.07 Å². The molecule has 0 bridgehead atoms. The first-order valence-electron chi connectivity index (χ1n) is 7.01. The lowest BCUT2D eigenvalue weighted by Crippen LogP contribution is -2.35. The fraction of sp³-hybridized carbons (Fsp3) is 0.312. The molecule has 0 unspecified atom stereocenters. The van der Waals surface area contributed by atoms with Crippen LogP contribution in [0.1, 0.15) is 18.6 Å². The number of carboxylic acid groups (broad SMARTS) is 1. The van der Waals surface area contributed by atoms with Gasteiger partial charge in [-0.2, -0.15) is 0 Å². The van der Waals surface area contributed by atoms with Crippen molar-refractivity contribution in [3.8, 4) is 11.7 Å². The molecule has 2 heterocycles. The third-order valence-corrected chi connectivity index (χ3v) is 3.61. The van der Waals surface area contributed by atoms with Crippen molar-refractivity contribution in [1.29, 1.82) is 0 Å². The largest absolute Gasteiger partial charge is 0.480 e. The molecule has 1 saturated heterocycles. The zero-order valence-corrected chi connectivity index (χ0v) is 11.6. The van der Waals surface area contributed by atoms with E-state index in [1.165, 1.54) is 0 Å². The highest BCUT2D eigenvalue weighted by molar-refractivity contribution is 5.73. The van der Waals surface area contributed by atoms with E-state index in [4.69, 9.17) is 14.3 Å². The van der Waals surface area contributed by atoms with Crippen molar-refractivity contribution in [2.75, 3.05) is 6.54 Å². The molecular formula is C16H17NO4. The van der Waals surface area contributed by atoms with E-state index in [2.05, 4.69) is 0 Å². The van der Waals surface area contributed by atoms with Crippen molar-refractivity contribution in [3.05, 3.63) is 48.2 Å². The van der Waals surface area contributed by atoms with Crippen LogP contribution in [0.2, 0.25) is 0 Å². The van der Waals surface area contributed by atoms with Crippen molar-refractivity contribution in [2.45, 2.75) is 25.4 Å². The molecule has 1 aromatic heterocycles. The van der Waals surface area contributed by atoms with E-state index in [9.17, 15) is 4.79 Å². The van der Waals surface area contributed by atoms with E-state index in [1.54, 1.807) is 6.07 Å². The van der Waals surface area contributed by atoms with Crippen LogP contribution in [0.3, 0.4) is 0 Å². The number of hydrogen-bond donors (Lipinski definition) is 1.